The molecule has 3 rings (SSSR count). The number of aromatic nitrogens is 2. The highest BCUT2D eigenvalue weighted by Gasteiger charge is 2.21. The molecule has 1 amide bonds. The predicted molar refractivity (Wildman–Crippen MR) is 117 cm³/mol. The smallest absolute Gasteiger partial charge is 0.312 e. The second-order valence-corrected chi connectivity index (χ2v) is 7.24. The largest absolute Gasteiger partial charge is 0.380 e. The van der Waals surface area contributed by atoms with Crippen LogP contribution in [0.4, 0.5) is 17.1 Å². The van der Waals surface area contributed by atoms with Gasteiger partial charge in [0.05, 0.1) is 22.2 Å². The van der Waals surface area contributed by atoms with Gasteiger partial charge in [-0.3, -0.25) is 19.6 Å². The molecule has 8 nitrogen and oxygen atoms in total. The van der Waals surface area contributed by atoms with Crippen LogP contribution in [0.5, 0.6) is 0 Å². The summed E-state index contributed by atoms with van der Waals surface area (Å²) >= 11 is 6.33. The number of halogens is 1. The Labute approximate surface area is 179 Å². The van der Waals surface area contributed by atoms with Crippen LogP contribution >= 0.6 is 11.6 Å². The molecule has 0 unspecified atom stereocenters. The number of rotatable bonds is 8. The number of amides is 1. The number of carbonyl (C=O) groups is 1. The van der Waals surface area contributed by atoms with Gasteiger partial charge in [-0.1, -0.05) is 41.9 Å². The number of hydrogen-bond acceptors (Lipinski definition) is 5. The van der Waals surface area contributed by atoms with E-state index in [9.17, 15) is 14.9 Å². The molecule has 30 heavy (non-hydrogen) atoms. The van der Waals surface area contributed by atoms with E-state index in [1.54, 1.807) is 26.0 Å². The first-order valence-electron chi connectivity index (χ1n) is 9.40. The number of carbonyl (C=O) groups excluding carboxylic acids is 1. The molecule has 0 aliphatic heterocycles. The van der Waals surface area contributed by atoms with E-state index in [0.29, 0.717) is 28.6 Å². The molecule has 0 bridgehead atoms. The van der Waals surface area contributed by atoms with Gasteiger partial charge in [0.25, 0.3) is 0 Å². The molecule has 0 saturated heterocycles. The van der Waals surface area contributed by atoms with Crippen molar-refractivity contribution in [3.63, 3.8) is 0 Å². The van der Waals surface area contributed by atoms with Gasteiger partial charge in [-0.25, -0.2) is 0 Å². The van der Waals surface area contributed by atoms with E-state index in [2.05, 4.69) is 15.7 Å². The number of nitro groups is 1. The fourth-order valence-electron chi connectivity index (χ4n) is 3.13. The molecule has 0 saturated carbocycles. The molecule has 0 fully saturated rings. The van der Waals surface area contributed by atoms with Crippen LogP contribution in [0.15, 0.2) is 48.5 Å². The third-order valence-electron chi connectivity index (χ3n) is 4.66. The molecule has 1 heterocycles. The van der Waals surface area contributed by atoms with Crippen molar-refractivity contribution < 1.29 is 9.72 Å². The highest BCUT2D eigenvalue weighted by atomic mass is 35.5. The molecule has 0 radical (unpaired) electrons. The van der Waals surface area contributed by atoms with E-state index in [1.807, 2.05) is 36.4 Å². The van der Waals surface area contributed by atoms with Crippen LogP contribution in [0.2, 0.25) is 5.02 Å². The molecule has 3 aromatic rings. The van der Waals surface area contributed by atoms with Crippen LogP contribution in [-0.2, 0) is 17.9 Å². The Hall–Kier alpha value is -3.39. The maximum atomic E-state index is 12.3. The molecule has 0 atom stereocenters. The van der Waals surface area contributed by atoms with E-state index in [0.717, 1.165) is 11.3 Å². The second-order valence-electron chi connectivity index (χ2n) is 6.83. The van der Waals surface area contributed by atoms with E-state index in [1.165, 1.54) is 4.68 Å². The molecule has 0 aliphatic rings. The van der Waals surface area contributed by atoms with Crippen molar-refractivity contribution in [2.45, 2.75) is 33.4 Å². The first kappa shape index (κ1) is 21.3. The third-order valence-corrected chi connectivity index (χ3v) is 4.97. The van der Waals surface area contributed by atoms with Crippen molar-refractivity contribution in [3.05, 3.63) is 80.6 Å². The number of nitrogens with zero attached hydrogens (tertiary/aromatic N) is 3. The lowest BCUT2D eigenvalue weighted by atomic mass is 10.2. The standard InChI is InChI=1S/C21H22ClN5O3/c1-14-21(27(29)30)15(2)26(25-14)11-10-20(28)24-17-8-9-19(18(22)12-17)23-13-16-6-4-3-5-7-16/h3-9,12,23H,10-11,13H2,1-2H3,(H,24,28). The number of aryl methyl sites for hydroxylation is 2. The summed E-state index contributed by atoms with van der Waals surface area (Å²) in [6.07, 6.45) is 0.130. The maximum Gasteiger partial charge on any atom is 0.312 e. The van der Waals surface area contributed by atoms with Gasteiger partial charge in [0, 0.05) is 18.7 Å². The van der Waals surface area contributed by atoms with Crippen molar-refractivity contribution in [1.29, 1.82) is 0 Å². The molecule has 1 aromatic heterocycles. The predicted octanol–water partition coefficient (Wildman–Crippen LogP) is 4.70. The average Bonchev–Trinajstić information content (AvgIpc) is 3.00. The van der Waals surface area contributed by atoms with Crippen LogP contribution in [-0.4, -0.2) is 20.6 Å². The fraction of sp³-hybridized carbons (Fsp3) is 0.238. The Morgan fingerprint density at radius 2 is 1.93 bits per heavy atom. The fourth-order valence-corrected chi connectivity index (χ4v) is 3.38. The van der Waals surface area contributed by atoms with Crippen molar-refractivity contribution >= 4 is 34.6 Å². The highest BCUT2D eigenvalue weighted by molar-refractivity contribution is 6.33. The first-order chi connectivity index (χ1) is 14.3. The summed E-state index contributed by atoms with van der Waals surface area (Å²) in [4.78, 5) is 22.9. The molecule has 9 heteroatoms. The SMILES string of the molecule is Cc1nn(CCC(=O)Nc2ccc(NCc3ccccc3)c(Cl)c2)c(C)c1[N+](=O)[O-]. The number of hydrogen-bond donors (Lipinski definition) is 2. The summed E-state index contributed by atoms with van der Waals surface area (Å²) in [7, 11) is 0. The maximum absolute atomic E-state index is 12.3. The summed E-state index contributed by atoms with van der Waals surface area (Å²) < 4.78 is 1.48. The Morgan fingerprint density at radius 3 is 2.57 bits per heavy atom. The molecule has 0 spiro atoms. The third kappa shape index (κ3) is 5.15. The lowest BCUT2D eigenvalue weighted by molar-refractivity contribution is -0.386. The molecular formula is C21H22ClN5O3. The van der Waals surface area contributed by atoms with Gasteiger partial charge < -0.3 is 10.6 Å². The number of nitrogens with one attached hydrogen (secondary N) is 2. The topological polar surface area (TPSA) is 102 Å². The van der Waals surface area contributed by atoms with Gasteiger partial charge in [-0.05, 0) is 37.6 Å². The van der Waals surface area contributed by atoms with Gasteiger partial charge in [-0.15, -0.1) is 0 Å². The summed E-state index contributed by atoms with van der Waals surface area (Å²) in [5.41, 5.74) is 3.24. The minimum absolute atomic E-state index is 0.0132. The summed E-state index contributed by atoms with van der Waals surface area (Å²) in [6.45, 7) is 4.09. The molecular weight excluding hydrogens is 406 g/mol. The van der Waals surface area contributed by atoms with Crippen LogP contribution < -0.4 is 10.6 Å². The number of benzene rings is 2. The average molecular weight is 428 g/mol. The monoisotopic (exact) mass is 427 g/mol. The van der Waals surface area contributed by atoms with Crippen LogP contribution in [0.25, 0.3) is 0 Å². The van der Waals surface area contributed by atoms with Gasteiger partial charge in [0.15, 0.2) is 0 Å². The van der Waals surface area contributed by atoms with Crippen molar-refractivity contribution in [1.82, 2.24) is 9.78 Å². The Bertz CT molecular complexity index is 1070. The van der Waals surface area contributed by atoms with E-state index in [4.69, 9.17) is 11.6 Å². The van der Waals surface area contributed by atoms with E-state index in [-0.39, 0.29) is 24.6 Å². The lowest BCUT2D eigenvalue weighted by Gasteiger charge is -2.11. The molecule has 0 aliphatic carbocycles. The summed E-state index contributed by atoms with van der Waals surface area (Å²) in [5.74, 6) is -0.230. The Morgan fingerprint density at radius 1 is 1.20 bits per heavy atom. The number of anilines is 2. The highest BCUT2D eigenvalue weighted by Crippen LogP contribution is 2.26. The van der Waals surface area contributed by atoms with Crippen molar-refractivity contribution in [2.24, 2.45) is 0 Å². The minimum atomic E-state index is -0.455. The first-order valence-corrected chi connectivity index (χ1v) is 9.78. The van der Waals surface area contributed by atoms with Gasteiger partial charge in [-0.2, -0.15) is 5.10 Å². The molecule has 156 valence electrons. The summed E-state index contributed by atoms with van der Waals surface area (Å²) in [6, 6.07) is 15.2. The van der Waals surface area contributed by atoms with Crippen molar-refractivity contribution in [3.8, 4) is 0 Å². The zero-order valence-electron chi connectivity index (χ0n) is 16.7. The zero-order valence-corrected chi connectivity index (χ0v) is 17.4. The second kappa shape index (κ2) is 9.41. The Balaban J connectivity index is 1.56. The minimum Gasteiger partial charge on any atom is -0.380 e. The van der Waals surface area contributed by atoms with Crippen LogP contribution in [0.3, 0.4) is 0 Å². The van der Waals surface area contributed by atoms with E-state index < -0.39 is 4.92 Å². The van der Waals surface area contributed by atoms with Crippen LogP contribution in [0, 0.1) is 24.0 Å². The van der Waals surface area contributed by atoms with E-state index >= 15 is 0 Å². The zero-order chi connectivity index (χ0) is 21.7. The summed E-state index contributed by atoms with van der Waals surface area (Å²) in [5, 5.41) is 21.8. The lowest BCUT2D eigenvalue weighted by Crippen LogP contribution is -2.15. The van der Waals surface area contributed by atoms with Crippen molar-refractivity contribution in [2.75, 3.05) is 10.6 Å². The quantitative estimate of drug-likeness (QED) is 0.400. The molecule has 2 N–H and O–H groups in total. The van der Waals surface area contributed by atoms with Gasteiger partial charge >= 0.3 is 5.69 Å². The van der Waals surface area contributed by atoms with Crippen LogP contribution in [0.1, 0.15) is 23.4 Å². The van der Waals surface area contributed by atoms with Gasteiger partial charge in [0.1, 0.15) is 11.4 Å². The normalized spacial score (nSPS) is 10.6. The van der Waals surface area contributed by atoms with Gasteiger partial charge in [0.2, 0.25) is 5.91 Å². The molecule has 2 aromatic carbocycles. The Kier molecular flexibility index (Phi) is 6.68.